The van der Waals surface area contributed by atoms with Crippen molar-refractivity contribution in [1.29, 1.82) is 0 Å². The van der Waals surface area contributed by atoms with Crippen LogP contribution in [0.15, 0.2) is 58.7 Å². The number of hydrogen-bond donors (Lipinski definition) is 1. The van der Waals surface area contributed by atoms with E-state index in [1.807, 2.05) is 36.4 Å². The zero-order valence-electron chi connectivity index (χ0n) is 14.5. The number of amidine groups is 1. The lowest BCUT2D eigenvalue weighted by molar-refractivity contribution is -0.305. The van der Waals surface area contributed by atoms with Crippen LogP contribution in [-0.4, -0.2) is 28.5 Å². The fourth-order valence-electron chi connectivity index (χ4n) is 2.33. The van der Waals surface area contributed by atoms with Gasteiger partial charge in [0.2, 0.25) is 5.91 Å². The lowest BCUT2D eigenvalue weighted by Gasteiger charge is -2.06. The number of carboxylic acids is 1. The Hall–Kier alpha value is -2.84. The van der Waals surface area contributed by atoms with E-state index < -0.39 is 17.1 Å². The first-order valence-corrected chi connectivity index (χ1v) is 9.51. The molecule has 0 aliphatic carbocycles. The number of carbonyl (C=O) groups is 2. The van der Waals surface area contributed by atoms with E-state index >= 15 is 0 Å². The van der Waals surface area contributed by atoms with Gasteiger partial charge in [0.15, 0.2) is 5.17 Å². The quantitative estimate of drug-likeness (QED) is 0.549. The summed E-state index contributed by atoms with van der Waals surface area (Å²) in [5.41, 5.74) is 1.77. The Bertz CT molecular complexity index is 931. The summed E-state index contributed by atoms with van der Waals surface area (Å²) in [4.78, 5) is 22.2. The highest BCUT2D eigenvalue weighted by atomic mass is 35.5. The summed E-state index contributed by atoms with van der Waals surface area (Å²) in [6.45, 7) is 0.408. The van der Waals surface area contributed by atoms with Crippen LogP contribution < -0.4 is 15.2 Å². The highest BCUT2D eigenvalue weighted by molar-refractivity contribution is 8.15. The molecule has 7 nitrogen and oxygen atoms in total. The molecule has 0 aromatic heterocycles. The summed E-state index contributed by atoms with van der Waals surface area (Å²) in [7, 11) is 0. The van der Waals surface area contributed by atoms with Crippen molar-refractivity contribution in [2.24, 2.45) is 10.2 Å². The largest absolute Gasteiger partial charge is 0.550 e. The molecule has 2 aromatic rings. The number of halogens is 1. The van der Waals surface area contributed by atoms with Gasteiger partial charge in [0, 0.05) is 17.4 Å². The minimum Gasteiger partial charge on any atom is -0.550 e. The number of nitrogens with one attached hydrogen (secondary N) is 1. The molecule has 0 spiro atoms. The zero-order chi connectivity index (χ0) is 19.9. The zero-order valence-corrected chi connectivity index (χ0v) is 16.1. The van der Waals surface area contributed by atoms with Crippen molar-refractivity contribution in [2.45, 2.75) is 18.3 Å². The number of nitrogens with zero attached hydrogens (tertiary/aromatic N) is 2. The van der Waals surface area contributed by atoms with Crippen LogP contribution in [0.25, 0.3) is 0 Å². The predicted octanol–water partition coefficient (Wildman–Crippen LogP) is 1.98. The SMILES string of the molecule is O=C([O-])CC1S/C(=N/N=C/c2ccc(OCc3cccc(Cl)c3)cc2)NC1=O. The van der Waals surface area contributed by atoms with E-state index in [9.17, 15) is 14.7 Å². The molecule has 9 heteroatoms. The molecule has 0 radical (unpaired) electrons. The summed E-state index contributed by atoms with van der Waals surface area (Å²) in [5, 5.41) is 21.1. The fourth-order valence-corrected chi connectivity index (χ4v) is 3.45. The van der Waals surface area contributed by atoms with Crippen molar-refractivity contribution in [3.8, 4) is 5.75 Å². The van der Waals surface area contributed by atoms with E-state index in [1.54, 1.807) is 12.1 Å². The number of hydrogen-bond acceptors (Lipinski definition) is 7. The highest BCUT2D eigenvalue weighted by Crippen LogP contribution is 2.22. The van der Waals surface area contributed by atoms with Gasteiger partial charge >= 0.3 is 0 Å². The van der Waals surface area contributed by atoms with Crippen molar-refractivity contribution in [2.75, 3.05) is 0 Å². The van der Waals surface area contributed by atoms with Crippen LogP contribution in [0.5, 0.6) is 5.75 Å². The maximum Gasteiger partial charge on any atom is 0.239 e. The number of rotatable bonds is 7. The molecular weight excluding hydrogens is 402 g/mol. The normalized spacial score (nSPS) is 17.8. The molecule has 1 aliphatic rings. The van der Waals surface area contributed by atoms with Crippen LogP contribution in [-0.2, 0) is 16.2 Å². The van der Waals surface area contributed by atoms with Crippen molar-refractivity contribution >= 4 is 46.6 Å². The molecule has 1 unspecified atom stereocenters. The van der Waals surface area contributed by atoms with Gasteiger partial charge in [0.1, 0.15) is 12.4 Å². The molecule has 1 aliphatic heterocycles. The smallest absolute Gasteiger partial charge is 0.239 e. The maximum atomic E-state index is 11.6. The lowest BCUT2D eigenvalue weighted by Crippen LogP contribution is -2.31. The molecule has 1 heterocycles. The minimum atomic E-state index is -1.28. The van der Waals surface area contributed by atoms with Crippen molar-refractivity contribution in [1.82, 2.24) is 5.32 Å². The number of carboxylic acid groups (broad SMARTS) is 1. The summed E-state index contributed by atoms with van der Waals surface area (Å²) in [6, 6.07) is 14.7. The fraction of sp³-hybridized carbons (Fsp3) is 0.158. The second kappa shape index (κ2) is 9.38. The number of benzene rings is 2. The van der Waals surface area contributed by atoms with Gasteiger partial charge in [-0.1, -0.05) is 35.5 Å². The van der Waals surface area contributed by atoms with E-state index in [2.05, 4.69) is 15.5 Å². The Labute approximate surface area is 170 Å². The summed E-state index contributed by atoms with van der Waals surface area (Å²) >= 11 is 6.96. The van der Waals surface area contributed by atoms with Crippen LogP contribution in [0.1, 0.15) is 17.5 Å². The summed E-state index contributed by atoms with van der Waals surface area (Å²) in [5.74, 6) is -0.994. The first-order chi connectivity index (χ1) is 13.5. The Kier molecular flexibility index (Phi) is 6.67. The van der Waals surface area contributed by atoms with E-state index in [1.165, 1.54) is 6.21 Å². The van der Waals surface area contributed by atoms with Crippen LogP contribution in [0.3, 0.4) is 0 Å². The third-order valence-corrected chi connectivity index (χ3v) is 4.97. The van der Waals surface area contributed by atoms with Crippen LogP contribution >= 0.6 is 23.4 Å². The molecular formula is C19H15ClN3O4S-. The first kappa shape index (κ1) is 19.9. The molecule has 28 heavy (non-hydrogen) atoms. The van der Waals surface area contributed by atoms with Crippen molar-refractivity contribution in [3.63, 3.8) is 0 Å². The summed E-state index contributed by atoms with van der Waals surface area (Å²) in [6.07, 6.45) is 1.16. The summed E-state index contributed by atoms with van der Waals surface area (Å²) < 4.78 is 5.71. The molecule has 1 N–H and O–H groups in total. The van der Waals surface area contributed by atoms with Crippen LogP contribution in [0.2, 0.25) is 5.02 Å². The monoisotopic (exact) mass is 416 g/mol. The predicted molar refractivity (Wildman–Crippen MR) is 106 cm³/mol. The third-order valence-electron chi connectivity index (χ3n) is 3.66. The Balaban J connectivity index is 1.52. The number of aliphatic carboxylic acids is 1. The first-order valence-electron chi connectivity index (χ1n) is 8.25. The van der Waals surface area contributed by atoms with Gasteiger partial charge < -0.3 is 20.0 Å². The Morgan fingerprint density at radius 3 is 2.79 bits per heavy atom. The molecule has 1 saturated heterocycles. The standard InChI is InChI=1S/C19H16ClN3O4S/c20-14-3-1-2-13(8-14)11-27-15-6-4-12(5-7-15)10-21-23-19-22-18(26)16(28-19)9-17(24)25/h1-8,10,16H,9,11H2,(H,24,25)(H,22,23,26)/p-1/b21-10+. The van der Waals surface area contributed by atoms with Gasteiger partial charge in [0.05, 0.1) is 11.5 Å². The second-order valence-corrected chi connectivity index (χ2v) is 7.44. The number of thioether (sulfide) groups is 1. The Morgan fingerprint density at radius 1 is 1.29 bits per heavy atom. The molecule has 0 bridgehead atoms. The lowest BCUT2D eigenvalue weighted by atomic mass is 10.2. The molecule has 144 valence electrons. The van der Waals surface area contributed by atoms with Gasteiger partial charge in [-0.05, 0) is 47.5 Å². The number of amides is 1. The average Bonchev–Trinajstić information content (AvgIpc) is 3.00. The molecule has 2 aromatic carbocycles. The molecule has 1 amide bonds. The van der Waals surface area contributed by atoms with E-state index in [-0.39, 0.29) is 11.6 Å². The molecule has 3 rings (SSSR count). The third kappa shape index (κ3) is 5.83. The van der Waals surface area contributed by atoms with Gasteiger partial charge in [-0.2, -0.15) is 5.10 Å². The van der Waals surface area contributed by atoms with Crippen molar-refractivity contribution in [3.05, 3.63) is 64.7 Å². The molecule has 0 saturated carbocycles. The molecule has 1 atom stereocenters. The van der Waals surface area contributed by atoms with Crippen LogP contribution in [0, 0.1) is 0 Å². The number of carbonyl (C=O) groups excluding carboxylic acids is 2. The number of ether oxygens (including phenoxy) is 1. The second-order valence-electron chi connectivity index (χ2n) is 5.81. The van der Waals surface area contributed by atoms with Gasteiger partial charge in [-0.15, -0.1) is 5.10 Å². The topological polar surface area (TPSA) is 103 Å². The van der Waals surface area contributed by atoms with Gasteiger partial charge in [0.25, 0.3) is 0 Å². The Morgan fingerprint density at radius 2 is 2.07 bits per heavy atom. The van der Waals surface area contributed by atoms with Crippen LogP contribution in [0.4, 0.5) is 0 Å². The average molecular weight is 417 g/mol. The van der Waals surface area contributed by atoms with Gasteiger partial charge in [-0.25, -0.2) is 0 Å². The van der Waals surface area contributed by atoms with E-state index in [0.717, 1.165) is 22.9 Å². The maximum absolute atomic E-state index is 11.6. The van der Waals surface area contributed by atoms with Gasteiger partial charge in [-0.3, -0.25) is 4.79 Å². The molecule has 1 fully saturated rings. The van der Waals surface area contributed by atoms with Crippen molar-refractivity contribution < 1.29 is 19.4 Å². The van der Waals surface area contributed by atoms with E-state index in [0.29, 0.717) is 17.4 Å². The minimum absolute atomic E-state index is 0.258. The highest BCUT2D eigenvalue weighted by Gasteiger charge is 2.30. The van der Waals surface area contributed by atoms with E-state index in [4.69, 9.17) is 16.3 Å².